The van der Waals surface area contributed by atoms with Gasteiger partial charge in [0.1, 0.15) is 6.04 Å². The maximum absolute atomic E-state index is 12.0. The first-order valence-electron chi connectivity index (χ1n) is 5.43. The van der Waals surface area contributed by atoms with Crippen LogP contribution < -0.4 is 5.73 Å². The molecule has 1 aliphatic rings. The summed E-state index contributed by atoms with van der Waals surface area (Å²) in [4.78, 5) is 24.5. The summed E-state index contributed by atoms with van der Waals surface area (Å²) in [6.07, 6.45) is 2.55. The van der Waals surface area contributed by atoms with E-state index < -0.39 is 18.1 Å². The topological polar surface area (TPSA) is 83.6 Å². The number of nitrogens with two attached hydrogens (primary N) is 1. The molecule has 3 N–H and O–H groups in total. The largest absolute Gasteiger partial charge is 0.480 e. The fourth-order valence-electron chi connectivity index (χ4n) is 1.65. The molecular formula is C10H18N2O3S2. The van der Waals surface area contributed by atoms with E-state index in [4.69, 9.17) is 10.8 Å². The van der Waals surface area contributed by atoms with Gasteiger partial charge in [-0.15, -0.1) is 0 Å². The molecule has 0 aromatic heterocycles. The molecule has 1 unspecified atom stereocenters. The number of aliphatic carboxylic acids is 1. The van der Waals surface area contributed by atoms with Crippen LogP contribution >= 0.6 is 23.5 Å². The van der Waals surface area contributed by atoms with E-state index in [0.29, 0.717) is 18.7 Å². The number of carbonyl (C=O) groups excluding carboxylic acids is 1. The summed E-state index contributed by atoms with van der Waals surface area (Å²) in [6.45, 7) is 0.480. The molecule has 0 aromatic carbocycles. The van der Waals surface area contributed by atoms with Crippen LogP contribution in [0.4, 0.5) is 0 Å². The van der Waals surface area contributed by atoms with Crippen molar-refractivity contribution in [2.45, 2.75) is 18.5 Å². The number of rotatable bonds is 5. The molecule has 1 fully saturated rings. The minimum absolute atomic E-state index is 0.230. The van der Waals surface area contributed by atoms with E-state index in [-0.39, 0.29) is 5.91 Å². The molecule has 2 atom stereocenters. The van der Waals surface area contributed by atoms with Gasteiger partial charge in [0.2, 0.25) is 5.91 Å². The number of amides is 1. The van der Waals surface area contributed by atoms with Crippen LogP contribution in [0.15, 0.2) is 0 Å². The monoisotopic (exact) mass is 278 g/mol. The zero-order valence-electron chi connectivity index (χ0n) is 9.80. The highest BCUT2D eigenvalue weighted by Crippen LogP contribution is 2.18. The smallest absolute Gasteiger partial charge is 0.327 e. The molecule has 1 heterocycles. The normalized spacial score (nSPS) is 22.2. The van der Waals surface area contributed by atoms with E-state index in [1.54, 1.807) is 23.5 Å². The van der Waals surface area contributed by atoms with Crippen molar-refractivity contribution < 1.29 is 14.7 Å². The highest BCUT2D eigenvalue weighted by atomic mass is 32.2. The van der Waals surface area contributed by atoms with Crippen molar-refractivity contribution in [2.75, 3.05) is 30.1 Å². The highest BCUT2D eigenvalue weighted by molar-refractivity contribution is 7.99. The van der Waals surface area contributed by atoms with Gasteiger partial charge in [0.15, 0.2) is 0 Å². The van der Waals surface area contributed by atoms with Gasteiger partial charge < -0.3 is 15.7 Å². The average molecular weight is 278 g/mol. The van der Waals surface area contributed by atoms with Crippen LogP contribution in [0.2, 0.25) is 0 Å². The fourth-order valence-corrected chi connectivity index (χ4v) is 3.18. The Bertz CT molecular complexity index is 289. The summed E-state index contributed by atoms with van der Waals surface area (Å²) in [6, 6.07) is -1.30. The van der Waals surface area contributed by atoms with E-state index >= 15 is 0 Å². The molecule has 0 bridgehead atoms. The molecule has 5 nitrogen and oxygen atoms in total. The molecule has 0 aromatic rings. The molecule has 1 amide bonds. The molecule has 98 valence electrons. The maximum atomic E-state index is 12.0. The Morgan fingerprint density at radius 1 is 1.65 bits per heavy atom. The van der Waals surface area contributed by atoms with Crippen LogP contribution in [0, 0.1) is 0 Å². The SMILES string of the molecule is CSCC[C@@H](N)C(=O)N1CCSCC1C(=O)O. The van der Waals surface area contributed by atoms with Crippen LogP contribution in [-0.4, -0.2) is 64.0 Å². The van der Waals surface area contributed by atoms with Gasteiger partial charge in [-0.2, -0.15) is 23.5 Å². The maximum Gasteiger partial charge on any atom is 0.327 e. The van der Waals surface area contributed by atoms with Gasteiger partial charge in [0, 0.05) is 18.1 Å². The fraction of sp³-hybridized carbons (Fsp3) is 0.800. The number of carbonyl (C=O) groups is 2. The van der Waals surface area contributed by atoms with Crippen LogP contribution in [0.5, 0.6) is 0 Å². The average Bonchev–Trinajstić information content (AvgIpc) is 2.34. The molecule has 17 heavy (non-hydrogen) atoms. The third kappa shape index (κ3) is 4.08. The lowest BCUT2D eigenvalue weighted by molar-refractivity contribution is -0.149. The first-order valence-corrected chi connectivity index (χ1v) is 7.98. The lowest BCUT2D eigenvalue weighted by Crippen LogP contribution is -2.55. The number of carboxylic acids is 1. The zero-order chi connectivity index (χ0) is 12.8. The molecule has 0 spiro atoms. The Labute approximate surface area is 109 Å². The summed E-state index contributed by atoms with van der Waals surface area (Å²) >= 11 is 3.19. The molecule has 1 saturated heterocycles. The van der Waals surface area contributed by atoms with E-state index in [2.05, 4.69) is 0 Å². The van der Waals surface area contributed by atoms with Crippen molar-refractivity contribution in [3.8, 4) is 0 Å². The minimum Gasteiger partial charge on any atom is -0.480 e. The molecule has 0 aliphatic carbocycles. The number of nitrogens with zero attached hydrogens (tertiary/aromatic N) is 1. The quantitative estimate of drug-likeness (QED) is 0.742. The predicted molar refractivity (Wildman–Crippen MR) is 71.4 cm³/mol. The Balaban J connectivity index is 2.61. The van der Waals surface area contributed by atoms with Gasteiger partial charge in [-0.1, -0.05) is 0 Å². The number of carboxylic acid groups (broad SMARTS) is 1. The van der Waals surface area contributed by atoms with Gasteiger partial charge in [-0.3, -0.25) is 4.79 Å². The summed E-state index contributed by atoms with van der Waals surface area (Å²) in [5, 5.41) is 9.06. The van der Waals surface area contributed by atoms with Gasteiger partial charge >= 0.3 is 5.97 Å². The molecular weight excluding hydrogens is 260 g/mol. The summed E-state index contributed by atoms with van der Waals surface area (Å²) in [5.41, 5.74) is 5.79. The van der Waals surface area contributed by atoms with Crippen molar-refractivity contribution in [3.63, 3.8) is 0 Å². The zero-order valence-corrected chi connectivity index (χ0v) is 11.4. The lowest BCUT2D eigenvalue weighted by Gasteiger charge is -2.34. The second-order valence-corrected chi connectivity index (χ2v) is 5.98. The summed E-state index contributed by atoms with van der Waals surface area (Å²) in [5.74, 6) is 0.878. The first-order chi connectivity index (χ1) is 8.07. The highest BCUT2D eigenvalue weighted by Gasteiger charge is 2.34. The number of hydrogen-bond acceptors (Lipinski definition) is 5. The van der Waals surface area contributed by atoms with Crippen molar-refractivity contribution in [2.24, 2.45) is 5.73 Å². The van der Waals surface area contributed by atoms with Gasteiger partial charge in [-0.05, 0) is 18.4 Å². The van der Waals surface area contributed by atoms with E-state index in [1.165, 1.54) is 4.90 Å². The molecule has 7 heteroatoms. The van der Waals surface area contributed by atoms with Crippen molar-refractivity contribution in [1.82, 2.24) is 4.90 Å². The van der Waals surface area contributed by atoms with Crippen LogP contribution in [0.3, 0.4) is 0 Å². The lowest BCUT2D eigenvalue weighted by atomic mass is 10.1. The Hall–Kier alpha value is -0.400. The van der Waals surface area contributed by atoms with Crippen molar-refractivity contribution in [3.05, 3.63) is 0 Å². The molecule has 0 saturated carbocycles. The van der Waals surface area contributed by atoms with E-state index in [1.807, 2.05) is 6.26 Å². The van der Waals surface area contributed by atoms with E-state index in [9.17, 15) is 9.59 Å². The minimum atomic E-state index is -0.942. The standard InChI is InChI=1S/C10H18N2O3S2/c1-16-4-2-7(11)9(13)12-3-5-17-6-8(12)10(14)15/h7-8H,2-6,11H2,1H3,(H,14,15)/t7-,8?/m1/s1. The number of thioether (sulfide) groups is 2. The predicted octanol–water partition coefficient (Wildman–Crippen LogP) is 0.0954. The first kappa shape index (κ1) is 14.7. The van der Waals surface area contributed by atoms with Crippen LogP contribution in [0.25, 0.3) is 0 Å². The van der Waals surface area contributed by atoms with Crippen LogP contribution in [0.1, 0.15) is 6.42 Å². The van der Waals surface area contributed by atoms with Crippen molar-refractivity contribution >= 4 is 35.4 Å². The Kier molecular flexibility index (Phi) is 6.15. The Morgan fingerprint density at radius 2 is 2.35 bits per heavy atom. The van der Waals surface area contributed by atoms with Gasteiger partial charge in [-0.25, -0.2) is 4.79 Å². The summed E-state index contributed by atoms with van der Waals surface area (Å²) in [7, 11) is 0. The van der Waals surface area contributed by atoms with Gasteiger partial charge in [0.25, 0.3) is 0 Å². The number of hydrogen-bond donors (Lipinski definition) is 2. The van der Waals surface area contributed by atoms with E-state index in [0.717, 1.165) is 11.5 Å². The third-order valence-corrected chi connectivity index (χ3v) is 4.31. The molecule has 1 aliphatic heterocycles. The van der Waals surface area contributed by atoms with Crippen molar-refractivity contribution in [1.29, 1.82) is 0 Å². The second kappa shape index (κ2) is 7.13. The second-order valence-electron chi connectivity index (χ2n) is 3.85. The summed E-state index contributed by atoms with van der Waals surface area (Å²) < 4.78 is 0. The Morgan fingerprint density at radius 3 is 2.94 bits per heavy atom. The van der Waals surface area contributed by atoms with Gasteiger partial charge in [0.05, 0.1) is 6.04 Å². The molecule has 1 rings (SSSR count). The third-order valence-electron chi connectivity index (χ3n) is 2.65. The van der Waals surface area contributed by atoms with Crippen LogP contribution in [-0.2, 0) is 9.59 Å². The molecule has 0 radical (unpaired) electrons.